The van der Waals surface area contributed by atoms with E-state index in [1.807, 2.05) is 7.05 Å². The number of hydrogen-bond acceptors (Lipinski definition) is 2. The first-order valence-electron chi connectivity index (χ1n) is 3.18. The molecule has 1 N–H and O–H groups in total. The van der Waals surface area contributed by atoms with Crippen LogP contribution in [0.15, 0.2) is 12.3 Å². The maximum atomic E-state index is 5.75. The van der Waals surface area contributed by atoms with Crippen molar-refractivity contribution in [2.75, 3.05) is 7.05 Å². The molecule has 2 nitrogen and oxygen atoms in total. The van der Waals surface area contributed by atoms with Gasteiger partial charge in [0.1, 0.15) is 0 Å². The highest BCUT2D eigenvalue weighted by Crippen LogP contribution is 2.20. The molecule has 1 aromatic rings. The molecule has 1 aromatic heterocycles. The summed E-state index contributed by atoms with van der Waals surface area (Å²) in [5.41, 5.74) is 0.891. The van der Waals surface area contributed by atoms with Gasteiger partial charge in [-0.3, -0.25) is 4.98 Å². The van der Waals surface area contributed by atoms with E-state index in [0.717, 1.165) is 5.69 Å². The quantitative estimate of drug-likeness (QED) is 0.774. The fourth-order valence-electron chi connectivity index (χ4n) is 0.732. The van der Waals surface area contributed by atoms with E-state index in [-0.39, 0.29) is 0 Å². The van der Waals surface area contributed by atoms with Crippen LogP contribution >= 0.6 is 23.2 Å². The van der Waals surface area contributed by atoms with Gasteiger partial charge in [0.05, 0.1) is 15.7 Å². The highest BCUT2D eigenvalue weighted by Gasteiger charge is 1.98. The number of rotatable bonds is 2. The standard InChI is InChI=1S/C7H8Cl2N2/c1-10-3-5-2-6(8)7(9)4-11-5/h2,4,10H,3H2,1H3. The number of hydrogen-bond donors (Lipinski definition) is 1. The molecule has 0 aliphatic heterocycles. The summed E-state index contributed by atoms with van der Waals surface area (Å²) in [6.45, 7) is 0.705. The normalized spacial score (nSPS) is 10.1. The van der Waals surface area contributed by atoms with Crippen LogP contribution in [0.1, 0.15) is 5.69 Å². The number of nitrogens with one attached hydrogen (secondary N) is 1. The maximum Gasteiger partial charge on any atom is 0.0775 e. The Bertz CT molecular complexity index is 250. The molecule has 0 amide bonds. The highest BCUT2D eigenvalue weighted by molar-refractivity contribution is 6.41. The molecule has 4 heteroatoms. The SMILES string of the molecule is CNCc1cc(Cl)c(Cl)cn1. The molecule has 0 fully saturated rings. The van der Waals surface area contributed by atoms with Crippen molar-refractivity contribution >= 4 is 23.2 Å². The largest absolute Gasteiger partial charge is 0.314 e. The van der Waals surface area contributed by atoms with Crippen LogP contribution < -0.4 is 5.32 Å². The van der Waals surface area contributed by atoms with Crippen LogP contribution in [0.25, 0.3) is 0 Å². The van der Waals surface area contributed by atoms with Gasteiger partial charge in [-0.25, -0.2) is 0 Å². The van der Waals surface area contributed by atoms with Crippen molar-refractivity contribution < 1.29 is 0 Å². The number of aromatic nitrogens is 1. The fourth-order valence-corrected chi connectivity index (χ4v) is 1.01. The Labute approximate surface area is 75.5 Å². The molecule has 11 heavy (non-hydrogen) atoms. The van der Waals surface area contributed by atoms with Crippen molar-refractivity contribution in [3.63, 3.8) is 0 Å². The molecule has 60 valence electrons. The smallest absolute Gasteiger partial charge is 0.0775 e. The van der Waals surface area contributed by atoms with Crippen LogP contribution in [-0.4, -0.2) is 12.0 Å². The third-order valence-electron chi connectivity index (χ3n) is 1.22. The van der Waals surface area contributed by atoms with Crippen LogP contribution in [0.4, 0.5) is 0 Å². The number of halogens is 2. The molecule has 0 spiro atoms. The zero-order valence-electron chi connectivity index (χ0n) is 6.06. The average Bonchev–Trinajstić information content (AvgIpc) is 1.98. The summed E-state index contributed by atoms with van der Waals surface area (Å²) < 4.78 is 0. The lowest BCUT2D eigenvalue weighted by atomic mass is 10.3. The molecular formula is C7H8Cl2N2. The second kappa shape index (κ2) is 3.90. The van der Waals surface area contributed by atoms with E-state index in [0.29, 0.717) is 16.6 Å². The Morgan fingerprint density at radius 2 is 2.18 bits per heavy atom. The Kier molecular flexibility index (Phi) is 3.12. The van der Waals surface area contributed by atoms with Crippen molar-refractivity contribution in [3.8, 4) is 0 Å². The minimum Gasteiger partial charge on any atom is -0.314 e. The molecule has 0 aliphatic carbocycles. The Hall–Kier alpha value is -0.310. The van der Waals surface area contributed by atoms with E-state index in [9.17, 15) is 0 Å². The first kappa shape index (κ1) is 8.78. The van der Waals surface area contributed by atoms with Gasteiger partial charge in [0.2, 0.25) is 0 Å². The van der Waals surface area contributed by atoms with Gasteiger partial charge in [0, 0.05) is 12.7 Å². The molecular weight excluding hydrogens is 183 g/mol. The van der Waals surface area contributed by atoms with Crippen LogP contribution in [0.5, 0.6) is 0 Å². The molecule has 0 atom stereocenters. The summed E-state index contributed by atoms with van der Waals surface area (Å²) in [5.74, 6) is 0. The van der Waals surface area contributed by atoms with Crippen LogP contribution in [-0.2, 0) is 6.54 Å². The topological polar surface area (TPSA) is 24.9 Å². The van der Waals surface area contributed by atoms with E-state index in [4.69, 9.17) is 23.2 Å². The van der Waals surface area contributed by atoms with Gasteiger partial charge in [0.25, 0.3) is 0 Å². The minimum absolute atomic E-state index is 0.492. The summed E-state index contributed by atoms with van der Waals surface area (Å²) in [6, 6.07) is 1.75. The highest BCUT2D eigenvalue weighted by atomic mass is 35.5. The second-order valence-corrected chi connectivity index (χ2v) is 2.93. The lowest BCUT2D eigenvalue weighted by Crippen LogP contribution is -2.06. The molecule has 1 rings (SSSR count). The van der Waals surface area contributed by atoms with Crippen molar-refractivity contribution in [1.29, 1.82) is 0 Å². The minimum atomic E-state index is 0.492. The van der Waals surface area contributed by atoms with Crippen LogP contribution in [0.2, 0.25) is 10.0 Å². The van der Waals surface area contributed by atoms with Gasteiger partial charge in [0.15, 0.2) is 0 Å². The predicted molar refractivity (Wildman–Crippen MR) is 47.0 cm³/mol. The third-order valence-corrected chi connectivity index (χ3v) is 1.93. The summed E-state index contributed by atoms with van der Waals surface area (Å²) in [6.07, 6.45) is 1.55. The zero-order chi connectivity index (χ0) is 8.27. The molecule has 0 bridgehead atoms. The first-order chi connectivity index (χ1) is 5.24. The molecule has 1 heterocycles. The molecule has 0 aliphatic rings. The molecule has 0 radical (unpaired) electrons. The van der Waals surface area contributed by atoms with Gasteiger partial charge in [-0.1, -0.05) is 23.2 Å². The number of nitrogens with zero attached hydrogens (tertiary/aromatic N) is 1. The first-order valence-corrected chi connectivity index (χ1v) is 3.94. The van der Waals surface area contributed by atoms with E-state index in [2.05, 4.69) is 10.3 Å². The molecule has 0 unspecified atom stereocenters. The van der Waals surface area contributed by atoms with Crippen molar-refractivity contribution in [3.05, 3.63) is 28.0 Å². The maximum absolute atomic E-state index is 5.75. The van der Waals surface area contributed by atoms with E-state index >= 15 is 0 Å². The summed E-state index contributed by atoms with van der Waals surface area (Å²) in [4.78, 5) is 4.05. The van der Waals surface area contributed by atoms with Gasteiger partial charge in [-0.2, -0.15) is 0 Å². The van der Waals surface area contributed by atoms with E-state index in [1.54, 1.807) is 12.3 Å². The van der Waals surface area contributed by atoms with E-state index in [1.165, 1.54) is 0 Å². The van der Waals surface area contributed by atoms with Gasteiger partial charge < -0.3 is 5.32 Å². The molecule has 0 aromatic carbocycles. The fraction of sp³-hybridized carbons (Fsp3) is 0.286. The average molecular weight is 191 g/mol. The van der Waals surface area contributed by atoms with Gasteiger partial charge in [-0.15, -0.1) is 0 Å². The Morgan fingerprint density at radius 3 is 2.73 bits per heavy atom. The third kappa shape index (κ3) is 2.33. The zero-order valence-corrected chi connectivity index (χ0v) is 7.58. The summed E-state index contributed by atoms with van der Waals surface area (Å²) >= 11 is 11.4. The lowest BCUT2D eigenvalue weighted by Gasteiger charge is -1.99. The second-order valence-electron chi connectivity index (χ2n) is 2.12. The monoisotopic (exact) mass is 190 g/mol. The van der Waals surface area contributed by atoms with Crippen molar-refractivity contribution in [2.45, 2.75) is 6.54 Å². The summed E-state index contributed by atoms with van der Waals surface area (Å²) in [7, 11) is 1.85. The van der Waals surface area contributed by atoms with E-state index < -0.39 is 0 Å². The predicted octanol–water partition coefficient (Wildman–Crippen LogP) is 2.11. The Morgan fingerprint density at radius 1 is 1.45 bits per heavy atom. The molecule has 0 saturated carbocycles. The van der Waals surface area contributed by atoms with Crippen LogP contribution in [0, 0.1) is 0 Å². The Balaban J connectivity index is 2.86. The lowest BCUT2D eigenvalue weighted by molar-refractivity contribution is 0.791. The van der Waals surface area contributed by atoms with Gasteiger partial charge >= 0.3 is 0 Å². The van der Waals surface area contributed by atoms with Crippen molar-refractivity contribution in [1.82, 2.24) is 10.3 Å². The van der Waals surface area contributed by atoms with Crippen LogP contribution in [0.3, 0.4) is 0 Å². The van der Waals surface area contributed by atoms with Crippen molar-refractivity contribution in [2.24, 2.45) is 0 Å². The van der Waals surface area contributed by atoms with Gasteiger partial charge in [-0.05, 0) is 13.1 Å². The molecule has 0 saturated heterocycles. The summed E-state index contributed by atoms with van der Waals surface area (Å²) in [5, 5.41) is 4.01. The number of pyridine rings is 1.